The van der Waals surface area contributed by atoms with E-state index in [1.54, 1.807) is 0 Å². The standard InChI is InChI=1S/C14H16F10O4S/c1-8(2)10(25)28-4-6-29(26,27)5-3-9(12(16,17)18)7-11(15,13(19,20)21)14(22,23)24/h9H,1,3-7H2,2H3. The summed E-state index contributed by atoms with van der Waals surface area (Å²) in [5.74, 6) is -7.13. The molecule has 172 valence electrons. The maximum Gasteiger partial charge on any atom is 0.431 e. The second-order valence-corrected chi connectivity index (χ2v) is 8.40. The van der Waals surface area contributed by atoms with E-state index in [2.05, 4.69) is 11.3 Å². The van der Waals surface area contributed by atoms with Crippen LogP contribution in [0.3, 0.4) is 0 Å². The average Bonchev–Trinajstić information content (AvgIpc) is 2.47. The normalized spacial score (nSPS) is 15.1. The van der Waals surface area contributed by atoms with Crippen LogP contribution in [-0.2, 0) is 19.4 Å². The van der Waals surface area contributed by atoms with Crippen LogP contribution in [0.5, 0.6) is 0 Å². The zero-order valence-corrected chi connectivity index (χ0v) is 15.5. The number of esters is 1. The van der Waals surface area contributed by atoms with Crippen molar-refractivity contribution in [2.75, 3.05) is 18.1 Å². The Bertz CT molecular complexity index is 677. The Morgan fingerprint density at radius 1 is 0.931 bits per heavy atom. The monoisotopic (exact) mass is 470 g/mol. The fourth-order valence-electron chi connectivity index (χ4n) is 1.92. The molecule has 0 bridgehead atoms. The second-order valence-electron chi connectivity index (χ2n) is 6.10. The van der Waals surface area contributed by atoms with E-state index in [1.165, 1.54) is 6.92 Å². The topological polar surface area (TPSA) is 60.4 Å². The van der Waals surface area contributed by atoms with Crippen molar-refractivity contribution in [3.8, 4) is 0 Å². The van der Waals surface area contributed by atoms with E-state index < -0.39 is 76.9 Å². The first-order valence-corrected chi connectivity index (χ1v) is 9.38. The number of hydrogen-bond acceptors (Lipinski definition) is 4. The molecule has 0 aliphatic heterocycles. The van der Waals surface area contributed by atoms with E-state index in [9.17, 15) is 57.1 Å². The highest BCUT2D eigenvalue weighted by Gasteiger charge is 2.73. The molecule has 0 rings (SSSR count). The Labute approximate surface area is 158 Å². The molecule has 29 heavy (non-hydrogen) atoms. The largest absolute Gasteiger partial charge is 0.461 e. The summed E-state index contributed by atoms with van der Waals surface area (Å²) in [7, 11) is -4.48. The number of rotatable bonds is 9. The summed E-state index contributed by atoms with van der Waals surface area (Å²) in [4.78, 5) is 11.1. The molecular weight excluding hydrogens is 454 g/mol. The molecule has 0 aliphatic carbocycles. The van der Waals surface area contributed by atoms with Crippen molar-refractivity contribution in [2.24, 2.45) is 5.92 Å². The summed E-state index contributed by atoms with van der Waals surface area (Å²) in [5.41, 5.74) is -6.31. The Hall–Kier alpha value is -1.54. The maximum absolute atomic E-state index is 13.6. The van der Waals surface area contributed by atoms with Gasteiger partial charge in [0.2, 0.25) is 0 Å². The predicted molar refractivity (Wildman–Crippen MR) is 79.2 cm³/mol. The van der Waals surface area contributed by atoms with Crippen LogP contribution in [-0.4, -0.2) is 56.7 Å². The third kappa shape index (κ3) is 8.01. The van der Waals surface area contributed by atoms with Gasteiger partial charge in [0.1, 0.15) is 6.61 Å². The molecule has 0 aromatic carbocycles. The molecule has 15 heteroatoms. The summed E-state index contributed by atoms with van der Waals surface area (Å²) in [5, 5.41) is 0. The van der Waals surface area contributed by atoms with E-state index >= 15 is 0 Å². The van der Waals surface area contributed by atoms with Gasteiger partial charge < -0.3 is 4.74 Å². The lowest BCUT2D eigenvalue weighted by Crippen LogP contribution is -2.55. The Morgan fingerprint density at radius 3 is 1.72 bits per heavy atom. The molecule has 1 unspecified atom stereocenters. The first-order valence-electron chi connectivity index (χ1n) is 7.56. The summed E-state index contributed by atoms with van der Waals surface area (Å²) >= 11 is 0. The average molecular weight is 470 g/mol. The van der Waals surface area contributed by atoms with Gasteiger partial charge in [-0.1, -0.05) is 6.58 Å². The fraction of sp³-hybridized carbons (Fsp3) is 0.786. The molecule has 0 fully saturated rings. The highest BCUT2D eigenvalue weighted by atomic mass is 32.2. The van der Waals surface area contributed by atoms with Gasteiger partial charge in [0.15, 0.2) is 9.84 Å². The number of alkyl halides is 10. The molecule has 0 heterocycles. The number of ether oxygens (including phenoxy) is 1. The van der Waals surface area contributed by atoms with E-state index in [0.717, 1.165) is 0 Å². The first-order chi connectivity index (χ1) is 12.6. The van der Waals surface area contributed by atoms with E-state index in [4.69, 9.17) is 0 Å². The zero-order valence-electron chi connectivity index (χ0n) is 14.6. The van der Waals surface area contributed by atoms with Crippen molar-refractivity contribution in [2.45, 2.75) is 44.0 Å². The Kier molecular flexibility index (Phi) is 8.60. The van der Waals surface area contributed by atoms with Gasteiger partial charge in [0.25, 0.3) is 5.67 Å². The second kappa shape index (κ2) is 9.08. The third-order valence-electron chi connectivity index (χ3n) is 3.64. The zero-order chi connectivity index (χ0) is 23.5. The lowest BCUT2D eigenvalue weighted by atomic mass is 9.88. The number of carbonyl (C=O) groups excluding carboxylic acids is 1. The minimum absolute atomic E-state index is 0.127. The van der Waals surface area contributed by atoms with Gasteiger partial charge in [-0.2, -0.15) is 39.5 Å². The van der Waals surface area contributed by atoms with Crippen molar-refractivity contribution in [3.63, 3.8) is 0 Å². The highest BCUT2D eigenvalue weighted by Crippen LogP contribution is 2.52. The molecule has 0 amide bonds. The molecule has 0 radical (unpaired) electrons. The van der Waals surface area contributed by atoms with Gasteiger partial charge in [-0.15, -0.1) is 0 Å². The summed E-state index contributed by atoms with van der Waals surface area (Å²) < 4.78 is 155. The molecule has 0 N–H and O–H groups in total. The molecular formula is C14H16F10O4S. The van der Waals surface area contributed by atoms with E-state index in [0.29, 0.717) is 0 Å². The summed E-state index contributed by atoms with van der Waals surface area (Å²) in [6.07, 6.45) is -24.0. The van der Waals surface area contributed by atoms with Crippen LogP contribution in [0.1, 0.15) is 19.8 Å². The molecule has 0 spiro atoms. The van der Waals surface area contributed by atoms with E-state index in [1.807, 2.05) is 0 Å². The summed E-state index contributed by atoms with van der Waals surface area (Å²) in [6.45, 7) is 3.54. The SMILES string of the molecule is C=C(C)C(=O)OCCS(=O)(=O)CCC(CC(F)(C(F)(F)F)C(F)(F)F)C(F)(F)F. The van der Waals surface area contributed by atoms with Crippen molar-refractivity contribution in [3.05, 3.63) is 12.2 Å². The van der Waals surface area contributed by atoms with Crippen LogP contribution in [0.15, 0.2) is 12.2 Å². The molecule has 0 aliphatic rings. The minimum atomic E-state index is -6.70. The molecule has 4 nitrogen and oxygen atoms in total. The number of halogens is 10. The number of hydrogen-bond donors (Lipinski definition) is 0. The fourth-order valence-corrected chi connectivity index (χ4v) is 3.11. The Balaban J connectivity index is 5.34. The quantitative estimate of drug-likeness (QED) is 0.286. The van der Waals surface area contributed by atoms with Crippen LogP contribution >= 0.6 is 0 Å². The minimum Gasteiger partial charge on any atom is -0.461 e. The van der Waals surface area contributed by atoms with Gasteiger partial charge >= 0.3 is 24.5 Å². The molecule has 1 atom stereocenters. The van der Waals surface area contributed by atoms with Crippen LogP contribution in [0, 0.1) is 5.92 Å². The number of sulfone groups is 1. The maximum atomic E-state index is 13.6. The molecule has 0 aromatic rings. The van der Waals surface area contributed by atoms with Gasteiger partial charge in [-0.05, 0) is 13.3 Å². The lowest BCUT2D eigenvalue weighted by molar-refractivity contribution is -0.352. The molecule has 0 saturated carbocycles. The third-order valence-corrected chi connectivity index (χ3v) is 5.29. The Morgan fingerprint density at radius 2 is 1.38 bits per heavy atom. The van der Waals surface area contributed by atoms with Gasteiger partial charge in [0, 0.05) is 12.0 Å². The smallest absolute Gasteiger partial charge is 0.431 e. The van der Waals surface area contributed by atoms with Crippen LogP contribution < -0.4 is 0 Å². The molecule has 0 saturated heterocycles. The van der Waals surface area contributed by atoms with Gasteiger partial charge in [0.05, 0.1) is 17.4 Å². The highest BCUT2D eigenvalue weighted by molar-refractivity contribution is 7.91. The predicted octanol–water partition coefficient (Wildman–Crippen LogP) is 4.31. The van der Waals surface area contributed by atoms with Crippen LogP contribution in [0.2, 0.25) is 0 Å². The van der Waals surface area contributed by atoms with Gasteiger partial charge in [-0.3, -0.25) is 0 Å². The number of carbonyl (C=O) groups is 1. The summed E-state index contributed by atoms with van der Waals surface area (Å²) in [6, 6.07) is 0. The van der Waals surface area contributed by atoms with Crippen LogP contribution in [0.25, 0.3) is 0 Å². The van der Waals surface area contributed by atoms with Crippen LogP contribution in [0.4, 0.5) is 43.9 Å². The van der Waals surface area contributed by atoms with Crippen molar-refractivity contribution in [1.82, 2.24) is 0 Å². The lowest BCUT2D eigenvalue weighted by Gasteiger charge is -2.33. The van der Waals surface area contributed by atoms with Crippen molar-refractivity contribution >= 4 is 15.8 Å². The first kappa shape index (κ1) is 27.5. The van der Waals surface area contributed by atoms with Crippen molar-refractivity contribution in [1.29, 1.82) is 0 Å². The van der Waals surface area contributed by atoms with Crippen molar-refractivity contribution < 1.29 is 61.9 Å². The van der Waals surface area contributed by atoms with Gasteiger partial charge in [-0.25, -0.2) is 17.6 Å². The molecule has 0 aromatic heterocycles. The van der Waals surface area contributed by atoms with E-state index in [-0.39, 0.29) is 5.57 Å².